The van der Waals surface area contributed by atoms with Gasteiger partial charge in [-0.1, -0.05) is 30.3 Å². The number of carbonyl (C=O) groups excluding carboxylic acids is 1. The van der Waals surface area contributed by atoms with Crippen molar-refractivity contribution < 1.29 is 9.90 Å². The Balaban J connectivity index is 2.11. The molecule has 1 atom stereocenters. The molecule has 1 unspecified atom stereocenters. The van der Waals surface area contributed by atoms with Crippen molar-refractivity contribution in [3.05, 3.63) is 58.1 Å². The molecule has 1 saturated heterocycles. The number of aliphatic hydroxyl groups excluding tert-OH is 1. The van der Waals surface area contributed by atoms with Crippen LogP contribution in [0.15, 0.2) is 41.5 Å². The number of aliphatic hydroxyl groups is 1. The van der Waals surface area contributed by atoms with Crippen LogP contribution in [0, 0.1) is 5.41 Å². The van der Waals surface area contributed by atoms with Crippen LogP contribution < -0.4 is 11.3 Å². The first-order valence-corrected chi connectivity index (χ1v) is 7.41. The summed E-state index contributed by atoms with van der Waals surface area (Å²) in [5.74, 6) is -0.360. The van der Waals surface area contributed by atoms with E-state index in [0.29, 0.717) is 5.56 Å². The first-order valence-electron chi connectivity index (χ1n) is 7.41. The molecule has 1 aliphatic heterocycles. The molecule has 124 valence electrons. The summed E-state index contributed by atoms with van der Waals surface area (Å²) < 4.78 is 1.18. The number of nitrogen functional groups attached to an aromatic ring is 1. The molecule has 0 saturated carbocycles. The number of aromatic nitrogens is 2. The normalized spacial score (nSPS) is 15.6. The SMILES string of the molecule is N=Cc1c(N)ncn(C(C(=O)N2CC(O)C2)c2ccccc2)c1=O. The van der Waals surface area contributed by atoms with Gasteiger partial charge < -0.3 is 21.1 Å². The highest BCUT2D eigenvalue weighted by Crippen LogP contribution is 2.22. The maximum atomic E-state index is 12.8. The van der Waals surface area contributed by atoms with Gasteiger partial charge in [-0.15, -0.1) is 0 Å². The second-order valence-corrected chi connectivity index (χ2v) is 5.61. The van der Waals surface area contributed by atoms with Crippen molar-refractivity contribution in [1.29, 1.82) is 5.41 Å². The molecule has 0 radical (unpaired) electrons. The van der Waals surface area contributed by atoms with Crippen LogP contribution in [0.2, 0.25) is 0 Å². The molecule has 3 rings (SSSR count). The summed E-state index contributed by atoms with van der Waals surface area (Å²) in [6.07, 6.45) is 1.51. The van der Waals surface area contributed by atoms with Gasteiger partial charge in [0.2, 0.25) is 0 Å². The zero-order chi connectivity index (χ0) is 17.3. The molecule has 2 aromatic rings. The van der Waals surface area contributed by atoms with Crippen LogP contribution >= 0.6 is 0 Å². The van der Waals surface area contributed by atoms with Crippen molar-refractivity contribution in [3.63, 3.8) is 0 Å². The van der Waals surface area contributed by atoms with Crippen molar-refractivity contribution in [2.75, 3.05) is 18.8 Å². The molecule has 2 heterocycles. The number of carbonyl (C=O) groups is 1. The number of rotatable bonds is 4. The van der Waals surface area contributed by atoms with Gasteiger partial charge in [-0.2, -0.15) is 0 Å². The second kappa shape index (κ2) is 6.25. The van der Waals surface area contributed by atoms with Crippen LogP contribution in [0.1, 0.15) is 17.2 Å². The standard InChI is InChI=1S/C16H17N5O3/c17-6-12-14(18)19-9-21(15(12)23)13(10-4-2-1-3-5-10)16(24)20-7-11(22)8-20/h1-6,9,11,13,17,22H,7-8,18H2. The number of nitrogens with one attached hydrogen (secondary N) is 1. The fourth-order valence-electron chi connectivity index (χ4n) is 2.68. The average molecular weight is 327 g/mol. The molecule has 1 aromatic carbocycles. The van der Waals surface area contributed by atoms with E-state index in [1.54, 1.807) is 24.3 Å². The van der Waals surface area contributed by atoms with Gasteiger partial charge in [0.25, 0.3) is 11.5 Å². The van der Waals surface area contributed by atoms with Gasteiger partial charge in [0.15, 0.2) is 0 Å². The van der Waals surface area contributed by atoms with Crippen LogP contribution in [0.3, 0.4) is 0 Å². The van der Waals surface area contributed by atoms with Gasteiger partial charge >= 0.3 is 0 Å². The first kappa shape index (κ1) is 15.9. The highest BCUT2D eigenvalue weighted by Gasteiger charge is 2.35. The molecule has 1 aliphatic rings. The Bertz CT molecular complexity index is 827. The largest absolute Gasteiger partial charge is 0.389 e. The number of hydrogen-bond acceptors (Lipinski definition) is 6. The lowest BCUT2D eigenvalue weighted by atomic mass is 10.0. The Morgan fingerprint density at radius 3 is 2.62 bits per heavy atom. The first-order chi connectivity index (χ1) is 11.5. The molecule has 8 heteroatoms. The van der Waals surface area contributed by atoms with Crippen LogP contribution in [-0.2, 0) is 4.79 Å². The number of likely N-dealkylation sites (tertiary alicyclic amines) is 1. The number of anilines is 1. The second-order valence-electron chi connectivity index (χ2n) is 5.61. The molecule has 0 spiro atoms. The van der Waals surface area contributed by atoms with Gasteiger partial charge in [0.1, 0.15) is 18.2 Å². The van der Waals surface area contributed by atoms with Gasteiger partial charge in [-0.3, -0.25) is 14.2 Å². The third kappa shape index (κ3) is 2.67. The number of hydrogen-bond donors (Lipinski definition) is 3. The number of β-amino-alcohol motifs (C(OH)–C–C–N with tert-alkyl or cyclic N) is 1. The summed E-state index contributed by atoms with van der Waals surface area (Å²) in [6, 6.07) is 7.92. The van der Waals surface area contributed by atoms with Crippen LogP contribution in [0.4, 0.5) is 5.82 Å². The van der Waals surface area contributed by atoms with Crippen LogP contribution in [-0.4, -0.2) is 50.9 Å². The van der Waals surface area contributed by atoms with Gasteiger partial charge in [0.05, 0.1) is 11.7 Å². The number of nitrogens with two attached hydrogens (primary N) is 1. The Morgan fingerprint density at radius 1 is 1.38 bits per heavy atom. The van der Waals surface area contributed by atoms with E-state index in [9.17, 15) is 14.7 Å². The van der Waals surface area contributed by atoms with Crippen molar-refractivity contribution in [2.24, 2.45) is 0 Å². The van der Waals surface area contributed by atoms with Gasteiger partial charge in [-0.25, -0.2) is 4.98 Å². The van der Waals surface area contributed by atoms with Crippen LogP contribution in [0.5, 0.6) is 0 Å². The highest BCUT2D eigenvalue weighted by atomic mass is 16.3. The lowest BCUT2D eigenvalue weighted by molar-refractivity contribution is -0.143. The molecule has 1 aromatic heterocycles. The molecular formula is C16H17N5O3. The van der Waals surface area contributed by atoms with Crippen molar-refractivity contribution >= 4 is 17.9 Å². The lowest BCUT2D eigenvalue weighted by Crippen LogP contribution is -2.56. The van der Waals surface area contributed by atoms with Crippen molar-refractivity contribution in [1.82, 2.24) is 14.5 Å². The Kier molecular flexibility index (Phi) is 4.13. The van der Waals surface area contributed by atoms with E-state index in [0.717, 1.165) is 6.21 Å². The van der Waals surface area contributed by atoms with Crippen molar-refractivity contribution in [2.45, 2.75) is 12.1 Å². The summed E-state index contributed by atoms with van der Waals surface area (Å²) in [5, 5.41) is 16.8. The summed E-state index contributed by atoms with van der Waals surface area (Å²) in [7, 11) is 0. The van der Waals surface area contributed by atoms with Crippen molar-refractivity contribution in [3.8, 4) is 0 Å². The fraction of sp³-hybridized carbons (Fsp3) is 0.250. The number of nitrogens with zero attached hydrogens (tertiary/aromatic N) is 3. The average Bonchev–Trinajstić information content (AvgIpc) is 2.55. The predicted molar refractivity (Wildman–Crippen MR) is 88.0 cm³/mol. The Labute approximate surface area is 137 Å². The zero-order valence-corrected chi connectivity index (χ0v) is 12.8. The van der Waals surface area contributed by atoms with E-state index < -0.39 is 17.7 Å². The third-order valence-electron chi connectivity index (χ3n) is 4.01. The minimum Gasteiger partial charge on any atom is -0.389 e. The molecule has 0 aliphatic carbocycles. The minimum atomic E-state index is -0.919. The minimum absolute atomic E-state index is 0.0510. The topological polar surface area (TPSA) is 125 Å². The van der Waals surface area contributed by atoms with E-state index >= 15 is 0 Å². The van der Waals surface area contributed by atoms with Gasteiger partial charge in [0, 0.05) is 19.3 Å². The molecule has 1 amide bonds. The van der Waals surface area contributed by atoms with Crippen LogP contribution in [0.25, 0.3) is 0 Å². The summed E-state index contributed by atoms with van der Waals surface area (Å²) in [6.45, 7) is 0.466. The van der Waals surface area contributed by atoms with E-state index in [1.165, 1.54) is 15.8 Å². The Hall–Kier alpha value is -3.00. The molecule has 4 N–H and O–H groups in total. The van der Waals surface area contributed by atoms with Gasteiger partial charge in [-0.05, 0) is 5.56 Å². The number of amides is 1. The van der Waals surface area contributed by atoms with E-state index in [2.05, 4.69) is 4.98 Å². The predicted octanol–water partition coefficient (Wildman–Crippen LogP) is -0.384. The zero-order valence-electron chi connectivity index (χ0n) is 12.8. The van der Waals surface area contributed by atoms with E-state index in [4.69, 9.17) is 11.1 Å². The molecule has 0 bridgehead atoms. The smallest absolute Gasteiger partial charge is 0.265 e. The molecule has 1 fully saturated rings. The van der Waals surface area contributed by atoms with E-state index in [1.807, 2.05) is 6.07 Å². The Morgan fingerprint density at radius 2 is 2.04 bits per heavy atom. The fourth-order valence-corrected chi connectivity index (χ4v) is 2.68. The monoisotopic (exact) mass is 327 g/mol. The lowest BCUT2D eigenvalue weighted by Gasteiger charge is -2.38. The number of benzene rings is 1. The maximum absolute atomic E-state index is 12.8. The van der Waals surface area contributed by atoms with E-state index in [-0.39, 0.29) is 30.4 Å². The third-order valence-corrected chi connectivity index (χ3v) is 4.01. The maximum Gasteiger partial charge on any atom is 0.265 e. The summed E-state index contributed by atoms with van der Waals surface area (Å²) in [4.78, 5) is 30.9. The molecule has 8 nitrogen and oxygen atoms in total. The molecule has 24 heavy (non-hydrogen) atoms. The summed E-state index contributed by atoms with van der Waals surface area (Å²) >= 11 is 0. The molecular weight excluding hydrogens is 310 g/mol. The summed E-state index contributed by atoms with van der Waals surface area (Å²) in [5.41, 5.74) is 5.63. The highest BCUT2D eigenvalue weighted by molar-refractivity contribution is 5.86. The quantitative estimate of drug-likeness (QED) is 0.660.